The molecule has 4 nitrogen and oxygen atoms in total. The third kappa shape index (κ3) is 3.96. The molecule has 0 amide bonds. The van der Waals surface area contributed by atoms with E-state index >= 15 is 0 Å². The summed E-state index contributed by atoms with van der Waals surface area (Å²) in [5.74, 6) is 0. The topological polar surface area (TPSA) is 59.9 Å². The van der Waals surface area contributed by atoms with E-state index in [0.717, 1.165) is 30.6 Å². The number of hydrogen-bond donors (Lipinski definition) is 0. The Kier molecular flexibility index (Phi) is 6.24. The van der Waals surface area contributed by atoms with Crippen LogP contribution in [0, 0.1) is 0 Å². The third-order valence-corrected chi connectivity index (χ3v) is 13.8. The van der Waals surface area contributed by atoms with E-state index < -0.39 is 6.89 Å². The lowest BCUT2D eigenvalue weighted by Crippen LogP contribution is -2.26. The first-order chi connectivity index (χ1) is 19.7. The first-order valence-corrected chi connectivity index (χ1v) is 16.2. The van der Waals surface area contributed by atoms with Crippen molar-refractivity contribution < 1.29 is 0 Å². The number of hydrogen-bond acceptors (Lipinski definition) is 6. The SMILES string of the molecule is O=c1nc(C2=CC=CC(c3nc(=O)c4ccccc4s3)=P2(c2ccccc2)c2ccccc2)sc2ccccc12. The van der Waals surface area contributed by atoms with Crippen LogP contribution in [0.15, 0.2) is 137 Å². The number of rotatable bonds is 4. The van der Waals surface area contributed by atoms with E-state index in [0.29, 0.717) is 20.8 Å². The molecule has 0 saturated carbocycles. The van der Waals surface area contributed by atoms with Crippen LogP contribution >= 0.6 is 29.6 Å². The zero-order valence-corrected chi connectivity index (χ0v) is 23.6. The van der Waals surface area contributed by atoms with E-state index in [4.69, 9.17) is 0 Å². The van der Waals surface area contributed by atoms with Gasteiger partial charge < -0.3 is 0 Å². The fourth-order valence-corrected chi connectivity index (χ4v) is 12.4. The molecule has 0 atom stereocenters. The van der Waals surface area contributed by atoms with Crippen LogP contribution in [0.1, 0.15) is 10.0 Å². The molecule has 2 aromatic heterocycles. The molecule has 4 aromatic carbocycles. The molecule has 3 heterocycles. The second kappa shape index (κ2) is 10.1. The molecule has 1 aliphatic rings. The van der Waals surface area contributed by atoms with Gasteiger partial charge in [-0.05, 0) is 41.8 Å². The van der Waals surface area contributed by atoms with Crippen LogP contribution in [-0.4, -0.2) is 15.3 Å². The molecule has 7 rings (SSSR count). The van der Waals surface area contributed by atoms with Crippen LogP contribution in [0.4, 0.5) is 0 Å². The fraction of sp³-hybridized carbons (Fsp3) is 0. The van der Waals surface area contributed by atoms with Crippen molar-refractivity contribution in [2.75, 3.05) is 0 Å². The van der Waals surface area contributed by atoms with Gasteiger partial charge in [0.05, 0.1) is 10.8 Å². The lowest BCUT2D eigenvalue weighted by molar-refractivity contribution is 1.29. The minimum atomic E-state index is -2.65. The molecule has 0 radical (unpaired) electrons. The summed E-state index contributed by atoms with van der Waals surface area (Å²) in [4.78, 5) is 35.9. The van der Waals surface area contributed by atoms with Crippen molar-refractivity contribution in [2.24, 2.45) is 0 Å². The molecule has 0 N–H and O–H groups in total. The maximum absolute atomic E-state index is 13.3. The maximum Gasteiger partial charge on any atom is 0.279 e. The van der Waals surface area contributed by atoms with Crippen molar-refractivity contribution in [1.29, 1.82) is 0 Å². The molecule has 0 fully saturated rings. The smallest absolute Gasteiger partial charge is 0.267 e. The normalized spacial score (nSPS) is 14.4. The molecule has 0 saturated heterocycles. The first-order valence-electron chi connectivity index (χ1n) is 12.7. The van der Waals surface area contributed by atoms with E-state index in [1.165, 1.54) is 22.7 Å². The molecule has 0 spiro atoms. The molecule has 0 aliphatic carbocycles. The first kappa shape index (κ1) is 24.8. The van der Waals surface area contributed by atoms with E-state index in [1.807, 2.05) is 91.0 Å². The Labute approximate surface area is 238 Å². The van der Waals surface area contributed by atoms with Gasteiger partial charge in [0.1, 0.15) is 10.0 Å². The summed E-state index contributed by atoms with van der Waals surface area (Å²) in [6.07, 6.45) is 6.18. The largest absolute Gasteiger partial charge is 0.279 e. The summed E-state index contributed by atoms with van der Waals surface area (Å²) in [6.45, 7) is -2.65. The van der Waals surface area contributed by atoms with Crippen LogP contribution in [-0.2, 0) is 0 Å². The highest BCUT2D eigenvalue weighted by Gasteiger charge is 2.36. The highest BCUT2D eigenvalue weighted by Crippen LogP contribution is 2.62. The minimum Gasteiger partial charge on any atom is -0.267 e. The monoisotopic (exact) mass is 572 g/mol. The number of nitrogens with zero attached hydrogens (tertiary/aromatic N) is 2. The summed E-state index contributed by atoms with van der Waals surface area (Å²) in [6, 6.07) is 36.0. The third-order valence-electron chi connectivity index (χ3n) is 7.01. The van der Waals surface area contributed by atoms with Gasteiger partial charge in [-0.25, -0.2) is 0 Å². The lowest BCUT2D eigenvalue weighted by atomic mass is 10.3. The Morgan fingerprint density at radius 3 is 1.60 bits per heavy atom. The number of benzene rings is 4. The van der Waals surface area contributed by atoms with Gasteiger partial charge in [0.25, 0.3) is 11.1 Å². The Morgan fingerprint density at radius 1 is 0.550 bits per heavy atom. The van der Waals surface area contributed by atoms with Gasteiger partial charge in [-0.15, -0.1) is 22.7 Å². The Morgan fingerprint density at radius 2 is 1.02 bits per heavy atom. The van der Waals surface area contributed by atoms with Crippen molar-refractivity contribution in [3.63, 3.8) is 0 Å². The van der Waals surface area contributed by atoms with Crippen LogP contribution in [0.25, 0.3) is 25.5 Å². The van der Waals surface area contributed by atoms with Crippen LogP contribution in [0.5, 0.6) is 0 Å². The van der Waals surface area contributed by atoms with Crippen molar-refractivity contribution in [3.8, 4) is 0 Å². The molecule has 0 unspecified atom stereocenters. The van der Waals surface area contributed by atoms with Gasteiger partial charge in [0.2, 0.25) is 0 Å². The van der Waals surface area contributed by atoms with Crippen molar-refractivity contribution in [2.45, 2.75) is 0 Å². The molecule has 40 heavy (non-hydrogen) atoms. The van der Waals surface area contributed by atoms with E-state index in [2.05, 4.69) is 46.4 Å². The van der Waals surface area contributed by atoms with Gasteiger partial charge in [0, 0.05) is 20.0 Å². The molecular formula is C33H21N2O2PS2. The van der Waals surface area contributed by atoms with Crippen molar-refractivity contribution in [3.05, 3.63) is 158 Å². The predicted molar refractivity (Wildman–Crippen MR) is 172 cm³/mol. The predicted octanol–water partition coefficient (Wildman–Crippen LogP) is 6.43. The van der Waals surface area contributed by atoms with Gasteiger partial charge in [-0.1, -0.05) is 103 Å². The Bertz CT molecular complexity index is 2120. The zero-order chi connectivity index (χ0) is 27.1. The molecular weight excluding hydrogens is 551 g/mol. The number of allylic oxidation sites excluding steroid dienone is 3. The van der Waals surface area contributed by atoms with Crippen molar-refractivity contribution >= 4 is 70.9 Å². The average Bonchev–Trinajstić information content (AvgIpc) is 3.01. The summed E-state index contributed by atoms with van der Waals surface area (Å²) in [5, 5.41) is 6.76. The van der Waals surface area contributed by atoms with Crippen LogP contribution in [0.2, 0.25) is 0 Å². The number of fused-ring (bicyclic) bond motifs is 2. The number of aromatic nitrogens is 2. The highest BCUT2D eigenvalue weighted by molar-refractivity contribution is 7.98. The van der Waals surface area contributed by atoms with Gasteiger partial charge in [-0.3, -0.25) is 9.59 Å². The summed E-state index contributed by atoms with van der Waals surface area (Å²) in [5.41, 5.74) is -0.483. The lowest BCUT2D eigenvalue weighted by Gasteiger charge is -2.34. The molecule has 0 bridgehead atoms. The summed E-state index contributed by atoms with van der Waals surface area (Å²) < 4.78 is 1.78. The van der Waals surface area contributed by atoms with Crippen LogP contribution < -0.4 is 21.7 Å². The fourth-order valence-electron chi connectivity index (χ4n) is 5.26. The maximum atomic E-state index is 13.3. The molecule has 1 aliphatic heterocycles. The molecule has 6 aromatic rings. The summed E-state index contributed by atoms with van der Waals surface area (Å²) in [7, 11) is 0. The second-order valence-corrected chi connectivity index (χ2v) is 14.7. The van der Waals surface area contributed by atoms with E-state index in [-0.39, 0.29) is 11.1 Å². The van der Waals surface area contributed by atoms with Gasteiger partial charge in [-0.2, -0.15) is 9.97 Å². The van der Waals surface area contributed by atoms with Gasteiger partial charge in [0.15, 0.2) is 0 Å². The molecule has 7 heteroatoms. The Hall–Kier alpha value is -4.22. The van der Waals surface area contributed by atoms with Crippen molar-refractivity contribution in [1.82, 2.24) is 9.97 Å². The highest BCUT2D eigenvalue weighted by atomic mass is 32.1. The average molecular weight is 573 g/mol. The standard InChI is InChI=1S/C33H21N2O2PS2/c36-30-24-16-7-9-20-28(24)39-32(34-30)26-18-11-19-27(33-35-31(37)25-17-8-10-21-29(25)40-33)38(26,22-12-3-1-4-13-22)23-14-5-2-6-15-23/h1-21H. The Balaban J connectivity index is 1.67. The van der Waals surface area contributed by atoms with E-state index in [1.54, 1.807) is 0 Å². The van der Waals surface area contributed by atoms with E-state index in [9.17, 15) is 9.59 Å². The second-order valence-electron chi connectivity index (χ2n) is 9.28. The minimum absolute atomic E-state index is 0.242. The zero-order valence-electron chi connectivity index (χ0n) is 21.1. The van der Waals surface area contributed by atoms with Gasteiger partial charge >= 0.3 is 0 Å². The van der Waals surface area contributed by atoms with Crippen LogP contribution in [0.3, 0.4) is 0 Å². The summed E-state index contributed by atoms with van der Waals surface area (Å²) >= 11 is 3.05. The molecule has 192 valence electrons. The quantitative estimate of drug-likeness (QED) is 0.229.